The van der Waals surface area contributed by atoms with Crippen LogP contribution in [0.4, 0.5) is 0 Å². The first-order valence-electron chi connectivity index (χ1n) is 8.93. The van der Waals surface area contributed by atoms with Gasteiger partial charge in [-0.25, -0.2) is 0 Å². The van der Waals surface area contributed by atoms with Crippen LogP contribution in [0, 0.1) is 0 Å². The first-order chi connectivity index (χ1) is 13.1. The highest BCUT2D eigenvalue weighted by molar-refractivity contribution is 5.96. The third kappa shape index (κ3) is 6.62. The number of ether oxygens (including phenoxy) is 2. The summed E-state index contributed by atoms with van der Waals surface area (Å²) in [6, 6.07) is 8.61. The summed E-state index contributed by atoms with van der Waals surface area (Å²) in [5.74, 6) is 0.353. The number of hydrazine groups is 1. The van der Waals surface area contributed by atoms with E-state index in [9.17, 15) is 9.59 Å². The lowest BCUT2D eigenvalue weighted by Crippen LogP contribution is -2.41. The van der Waals surface area contributed by atoms with Gasteiger partial charge < -0.3 is 9.47 Å². The highest BCUT2D eigenvalue weighted by Gasteiger charge is 2.12. The Balaban J connectivity index is 1.84. The van der Waals surface area contributed by atoms with E-state index in [1.54, 1.807) is 30.6 Å². The van der Waals surface area contributed by atoms with E-state index in [1.807, 2.05) is 12.1 Å². The summed E-state index contributed by atoms with van der Waals surface area (Å²) in [5, 5.41) is 0. The van der Waals surface area contributed by atoms with Crippen molar-refractivity contribution in [3.05, 3.63) is 53.9 Å². The van der Waals surface area contributed by atoms with Crippen LogP contribution in [-0.4, -0.2) is 30.5 Å². The van der Waals surface area contributed by atoms with Crippen LogP contribution in [0.25, 0.3) is 0 Å². The molecule has 0 saturated carbocycles. The van der Waals surface area contributed by atoms with E-state index in [1.165, 1.54) is 7.11 Å². The molecule has 0 aliphatic rings. The van der Waals surface area contributed by atoms with Gasteiger partial charge in [0.05, 0.1) is 13.7 Å². The number of benzene rings is 1. The summed E-state index contributed by atoms with van der Waals surface area (Å²) < 4.78 is 10.9. The van der Waals surface area contributed by atoms with E-state index in [4.69, 9.17) is 9.47 Å². The molecule has 1 heterocycles. The molecule has 2 N–H and O–H groups in total. The summed E-state index contributed by atoms with van der Waals surface area (Å²) in [5.41, 5.74) is 6.15. The molecule has 2 aromatic rings. The fourth-order valence-corrected chi connectivity index (χ4v) is 2.32. The number of nitrogens with one attached hydrogen (secondary N) is 2. The number of rotatable bonds is 9. The first-order valence-corrected chi connectivity index (χ1v) is 8.93. The smallest absolute Gasteiger partial charge is 0.269 e. The fourth-order valence-electron chi connectivity index (χ4n) is 2.32. The van der Waals surface area contributed by atoms with Crippen molar-refractivity contribution < 1.29 is 19.1 Å². The molecule has 0 aliphatic carbocycles. The number of carbonyl (C=O) groups excluding carboxylic acids is 2. The number of hydrogen-bond donors (Lipinski definition) is 2. The second-order valence-corrected chi connectivity index (χ2v) is 5.93. The van der Waals surface area contributed by atoms with Crippen LogP contribution in [0.5, 0.6) is 11.5 Å². The molecule has 0 fully saturated rings. The number of methoxy groups -OCH3 is 1. The molecule has 0 atom stereocenters. The van der Waals surface area contributed by atoms with Crippen LogP contribution in [0.2, 0.25) is 0 Å². The van der Waals surface area contributed by atoms with Crippen LogP contribution in [0.3, 0.4) is 0 Å². The molecular weight excluding hydrogens is 346 g/mol. The number of aryl methyl sites for hydroxylation is 1. The van der Waals surface area contributed by atoms with E-state index < -0.39 is 5.91 Å². The largest absolute Gasteiger partial charge is 0.493 e. The SMILES string of the molecule is CCCCOc1ccc(C(=O)NNC(=O)CCc2cccnc2)cc1OC. The van der Waals surface area contributed by atoms with E-state index in [0.717, 1.165) is 18.4 Å². The number of amides is 2. The lowest BCUT2D eigenvalue weighted by Gasteiger charge is -2.12. The Hall–Kier alpha value is -3.09. The Morgan fingerprint density at radius 3 is 2.70 bits per heavy atom. The summed E-state index contributed by atoms with van der Waals surface area (Å²) in [7, 11) is 1.52. The molecule has 144 valence electrons. The number of pyridine rings is 1. The minimum Gasteiger partial charge on any atom is -0.493 e. The standard InChI is InChI=1S/C20H25N3O4/c1-3-4-12-27-17-9-8-16(13-18(17)26-2)20(25)23-22-19(24)10-7-15-6-5-11-21-14-15/h5-6,8-9,11,13-14H,3-4,7,10,12H2,1-2H3,(H,22,24)(H,23,25). The molecule has 0 bridgehead atoms. The number of aromatic nitrogens is 1. The van der Waals surface area contributed by atoms with Gasteiger partial charge in [0.2, 0.25) is 5.91 Å². The molecule has 0 aliphatic heterocycles. The van der Waals surface area contributed by atoms with Gasteiger partial charge in [0, 0.05) is 24.4 Å². The van der Waals surface area contributed by atoms with Crippen LogP contribution in [0.1, 0.15) is 42.1 Å². The molecule has 0 unspecified atom stereocenters. The molecule has 2 rings (SSSR count). The molecule has 7 nitrogen and oxygen atoms in total. The molecule has 0 radical (unpaired) electrons. The highest BCUT2D eigenvalue weighted by Crippen LogP contribution is 2.28. The Morgan fingerprint density at radius 2 is 2.00 bits per heavy atom. The molecule has 1 aromatic carbocycles. The lowest BCUT2D eigenvalue weighted by atomic mass is 10.1. The average Bonchev–Trinajstić information content (AvgIpc) is 2.71. The third-order valence-electron chi connectivity index (χ3n) is 3.86. The Labute approximate surface area is 159 Å². The quantitative estimate of drug-likeness (QED) is 0.522. The zero-order valence-electron chi connectivity index (χ0n) is 15.7. The predicted molar refractivity (Wildman–Crippen MR) is 102 cm³/mol. The monoisotopic (exact) mass is 371 g/mol. The van der Waals surface area contributed by atoms with E-state index in [0.29, 0.717) is 30.1 Å². The number of unbranched alkanes of at least 4 members (excludes halogenated alkanes) is 1. The van der Waals surface area contributed by atoms with E-state index >= 15 is 0 Å². The molecule has 7 heteroatoms. The number of nitrogens with zero attached hydrogens (tertiary/aromatic N) is 1. The maximum Gasteiger partial charge on any atom is 0.269 e. The second-order valence-electron chi connectivity index (χ2n) is 5.93. The van der Waals surface area contributed by atoms with Crippen molar-refractivity contribution >= 4 is 11.8 Å². The predicted octanol–water partition coefficient (Wildman–Crippen LogP) is 2.66. The second kappa shape index (κ2) is 10.8. The average molecular weight is 371 g/mol. The van der Waals surface area contributed by atoms with Gasteiger partial charge in [-0.1, -0.05) is 19.4 Å². The Kier molecular flexibility index (Phi) is 8.09. The van der Waals surface area contributed by atoms with Crippen molar-refractivity contribution in [3.8, 4) is 11.5 Å². The number of carbonyl (C=O) groups is 2. The summed E-state index contributed by atoms with van der Waals surface area (Å²) in [6.45, 7) is 2.67. The van der Waals surface area contributed by atoms with Crippen LogP contribution in [0.15, 0.2) is 42.7 Å². The summed E-state index contributed by atoms with van der Waals surface area (Å²) in [6.07, 6.45) is 6.16. The van der Waals surface area contributed by atoms with Crippen LogP contribution in [-0.2, 0) is 11.2 Å². The van der Waals surface area contributed by atoms with E-state index in [-0.39, 0.29) is 12.3 Å². The maximum atomic E-state index is 12.2. The van der Waals surface area contributed by atoms with Crippen molar-refractivity contribution in [2.45, 2.75) is 32.6 Å². The lowest BCUT2D eigenvalue weighted by molar-refractivity contribution is -0.121. The van der Waals surface area contributed by atoms with Crippen LogP contribution < -0.4 is 20.3 Å². The molecule has 2 amide bonds. The first kappa shape index (κ1) is 20.2. The van der Waals surface area contributed by atoms with Gasteiger partial charge in [-0.05, 0) is 42.7 Å². The molecule has 27 heavy (non-hydrogen) atoms. The van der Waals surface area contributed by atoms with Gasteiger partial charge in [-0.3, -0.25) is 25.4 Å². The van der Waals surface area contributed by atoms with Crippen LogP contribution >= 0.6 is 0 Å². The molecule has 0 saturated heterocycles. The van der Waals surface area contributed by atoms with Gasteiger partial charge in [-0.15, -0.1) is 0 Å². The Bertz CT molecular complexity index is 750. The van der Waals surface area contributed by atoms with Crippen molar-refractivity contribution in [3.63, 3.8) is 0 Å². The number of hydrogen-bond acceptors (Lipinski definition) is 5. The minimum atomic E-state index is -0.428. The molecule has 1 aromatic heterocycles. The van der Waals surface area contributed by atoms with Gasteiger partial charge >= 0.3 is 0 Å². The molecule has 0 spiro atoms. The minimum absolute atomic E-state index is 0.250. The van der Waals surface area contributed by atoms with Crippen molar-refractivity contribution in [2.24, 2.45) is 0 Å². The van der Waals surface area contributed by atoms with Gasteiger partial charge in [0.15, 0.2) is 11.5 Å². The fraction of sp³-hybridized carbons (Fsp3) is 0.350. The topological polar surface area (TPSA) is 89.6 Å². The zero-order valence-corrected chi connectivity index (χ0v) is 15.7. The highest BCUT2D eigenvalue weighted by atomic mass is 16.5. The van der Waals surface area contributed by atoms with Crippen molar-refractivity contribution in [1.29, 1.82) is 0 Å². The van der Waals surface area contributed by atoms with Crippen molar-refractivity contribution in [1.82, 2.24) is 15.8 Å². The zero-order chi connectivity index (χ0) is 19.5. The van der Waals surface area contributed by atoms with Gasteiger partial charge in [0.1, 0.15) is 0 Å². The maximum absolute atomic E-state index is 12.2. The Morgan fingerprint density at radius 1 is 1.15 bits per heavy atom. The molecular formula is C20H25N3O4. The van der Waals surface area contributed by atoms with Gasteiger partial charge in [0.25, 0.3) is 5.91 Å². The summed E-state index contributed by atoms with van der Waals surface area (Å²) >= 11 is 0. The van der Waals surface area contributed by atoms with E-state index in [2.05, 4.69) is 22.8 Å². The normalized spacial score (nSPS) is 10.1. The third-order valence-corrected chi connectivity index (χ3v) is 3.86. The van der Waals surface area contributed by atoms with Crippen molar-refractivity contribution in [2.75, 3.05) is 13.7 Å². The van der Waals surface area contributed by atoms with Gasteiger partial charge in [-0.2, -0.15) is 0 Å². The summed E-state index contributed by atoms with van der Waals surface area (Å²) in [4.78, 5) is 28.1.